The third-order valence-corrected chi connectivity index (χ3v) is 6.12. The van der Waals surface area contributed by atoms with Crippen molar-refractivity contribution in [3.8, 4) is 0 Å². The molecule has 0 bridgehead atoms. The van der Waals surface area contributed by atoms with Crippen molar-refractivity contribution in [2.45, 2.75) is 25.4 Å². The molecule has 2 fully saturated rings. The van der Waals surface area contributed by atoms with Crippen LogP contribution in [0.1, 0.15) is 21.5 Å². The smallest absolute Gasteiger partial charge is 0.256 e. The zero-order chi connectivity index (χ0) is 22.7. The highest BCUT2D eigenvalue weighted by molar-refractivity contribution is 6.00. The van der Waals surface area contributed by atoms with Crippen molar-refractivity contribution in [2.75, 3.05) is 39.9 Å². The van der Waals surface area contributed by atoms with Crippen LogP contribution in [0.25, 0.3) is 0 Å². The van der Waals surface area contributed by atoms with Gasteiger partial charge in [0.05, 0.1) is 18.7 Å². The zero-order valence-corrected chi connectivity index (χ0v) is 18.4. The Kier molecular flexibility index (Phi) is 6.50. The number of fused-ring (bicyclic) bond motifs is 1. The lowest BCUT2D eigenvalue weighted by atomic mass is 9.95. The van der Waals surface area contributed by atoms with Crippen LogP contribution >= 0.6 is 0 Å². The summed E-state index contributed by atoms with van der Waals surface area (Å²) in [6, 6.07) is 10.1. The molecule has 1 aromatic carbocycles. The largest absolute Gasteiger partial charge is 0.383 e. The van der Waals surface area contributed by atoms with E-state index >= 15 is 0 Å². The topological polar surface area (TPSA) is 83.1 Å². The molecule has 3 amide bonds. The van der Waals surface area contributed by atoms with Crippen molar-refractivity contribution in [3.05, 3.63) is 65.5 Å². The minimum atomic E-state index is -0.679. The molecule has 1 aromatic heterocycles. The molecule has 2 saturated heterocycles. The van der Waals surface area contributed by atoms with E-state index in [9.17, 15) is 14.4 Å². The molecule has 4 rings (SSSR count). The predicted molar refractivity (Wildman–Crippen MR) is 118 cm³/mol. The van der Waals surface area contributed by atoms with Gasteiger partial charge in [-0.05, 0) is 24.1 Å². The average Bonchev–Trinajstić information content (AvgIpc) is 2.80. The van der Waals surface area contributed by atoms with Crippen LogP contribution in [0.2, 0.25) is 0 Å². The zero-order valence-electron chi connectivity index (χ0n) is 18.4. The van der Waals surface area contributed by atoms with E-state index in [1.807, 2.05) is 37.3 Å². The maximum absolute atomic E-state index is 13.6. The van der Waals surface area contributed by atoms with Gasteiger partial charge in [0.25, 0.3) is 5.91 Å². The number of aromatic nitrogens is 1. The Morgan fingerprint density at radius 2 is 1.91 bits per heavy atom. The molecule has 0 radical (unpaired) electrons. The van der Waals surface area contributed by atoms with Gasteiger partial charge < -0.3 is 19.4 Å². The summed E-state index contributed by atoms with van der Waals surface area (Å²) in [6.45, 7) is 3.86. The van der Waals surface area contributed by atoms with Crippen LogP contribution in [0.5, 0.6) is 0 Å². The molecule has 2 aromatic rings. The standard InChI is InChI=1S/C24H28N4O4/c1-17-12-19(15-25-14-17)22(29)28-16-21-23(30)26(10-11-32-2)8-9-27(21)24(31)20(28)13-18-6-4-3-5-7-18/h3-7,12,14-15,20-21H,8-11,13,16H2,1-2H3/t20-,21-/m0/s1. The molecule has 3 heterocycles. The fourth-order valence-corrected chi connectivity index (χ4v) is 4.44. The summed E-state index contributed by atoms with van der Waals surface area (Å²) in [6.07, 6.45) is 3.59. The van der Waals surface area contributed by atoms with Crippen molar-refractivity contribution in [2.24, 2.45) is 0 Å². The molecule has 168 valence electrons. The molecule has 0 N–H and O–H groups in total. The highest BCUT2D eigenvalue weighted by Gasteiger charge is 2.48. The maximum Gasteiger partial charge on any atom is 0.256 e. The lowest BCUT2D eigenvalue weighted by molar-refractivity contribution is -0.160. The molecule has 8 heteroatoms. The second-order valence-corrected chi connectivity index (χ2v) is 8.28. The predicted octanol–water partition coefficient (Wildman–Crippen LogP) is 1.14. The SMILES string of the molecule is COCCN1CCN2C(=O)[C@H](Cc3ccccc3)N(C(=O)c3cncc(C)c3)C[C@H]2C1=O. The van der Waals surface area contributed by atoms with E-state index in [1.165, 1.54) is 6.20 Å². The van der Waals surface area contributed by atoms with Gasteiger partial charge in [-0.2, -0.15) is 0 Å². The van der Waals surface area contributed by atoms with Gasteiger partial charge in [-0.3, -0.25) is 19.4 Å². The summed E-state index contributed by atoms with van der Waals surface area (Å²) in [5, 5.41) is 0. The molecular formula is C24H28N4O4. The van der Waals surface area contributed by atoms with Crippen molar-refractivity contribution in [1.29, 1.82) is 0 Å². The number of nitrogens with zero attached hydrogens (tertiary/aromatic N) is 4. The quantitative estimate of drug-likeness (QED) is 0.678. The monoisotopic (exact) mass is 436 g/mol. The lowest BCUT2D eigenvalue weighted by Gasteiger charge is -2.49. The molecule has 2 aliphatic rings. The van der Waals surface area contributed by atoms with Gasteiger partial charge in [-0.1, -0.05) is 30.3 Å². The van der Waals surface area contributed by atoms with Gasteiger partial charge in [0.2, 0.25) is 11.8 Å². The van der Waals surface area contributed by atoms with Crippen molar-refractivity contribution >= 4 is 17.7 Å². The average molecular weight is 437 g/mol. The minimum absolute atomic E-state index is 0.139. The van der Waals surface area contributed by atoms with Gasteiger partial charge in [0.15, 0.2) is 0 Å². The number of piperazine rings is 2. The molecule has 32 heavy (non-hydrogen) atoms. The molecule has 0 aliphatic carbocycles. The van der Waals surface area contributed by atoms with E-state index < -0.39 is 12.1 Å². The highest BCUT2D eigenvalue weighted by Crippen LogP contribution is 2.26. The summed E-state index contributed by atoms with van der Waals surface area (Å²) >= 11 is 0. The van der Waals surface area contributed by atoms with Gasteiger partial charge in [0, 0.05) is 45.6 Å². The second-order valence-electron chi connectivity index (χ2n) is 8.28. The maximum atomic E-state index is 13.6. The molecule has 0 spiro atoms. The molecule has 8 nitrogen and oxygen atoms in total. The van der Waals surface area contributed by atoms with Crippen LogP contribution in [0, 0.1) is 6.92 Å². The molecule has 2 atom stereocenters. The van der Waals surface area contributed by atoms with E-state index in [0.29, 0.717) is 38.2 Å². The summed E-state index contributed by atoms with van der Waals surface area (Å²) in [5.74, 6) is -0.601. The van der Waals surface area contributed by atoms with E-state index in [0.717, 1.165) is 11.1 Å². The number of aryl methyl sites for hydroxylation is 1. The lowest BCUT2D eigenvalue weighted by Crippen LogP contribution is -2.70. The number of hydrogen-bond acceptors (Lipinski definition) is 5. The van der Waals surface area contributed by atoms with E-state index in [2.05, 4.69) is 4.98 Å². The van der Waals surface area contributed by atoms with Crippen molar-refractivity contribution in [3.63, 3.8) is 0 Å². The Hall–Kier alpha value is -3.26. The molecule has 0 unspecified atom stereocenters. The first kappa shape index (κ1) is 22.0. The fraction of sp³-hybridized carbons (Fsp3) is 0.417. The second kappa shape index (κ2) is 9.48. The van der Waals surface area contributed by atoms with E-state index in [1.54, 1.807) is 34.1 Å². The number of ether oxygens (including phenoxy) is 1. The Morgan fingerprint density at radius 3 is 2.62 bits per heavy atom. The highest BCUT2D eigenvalue weighted by atomic mass is 16.5. The van der Waals surface area contributed by atoms with Gasteiger partial charge >= 0.3 is 0 Å². The van der Waals surface area contributed by atoms with Crippen molar-refractivity contribution in [1.82, 2.24) is 19.7 Å². The van der Waals surface area contributed by atoms with Gasteiger partial charge in [0.1, 0.15) is 12.1 Å². The van der Waals surface area contributed by atoms with Crippen LogP contribution in [-0.2, 0) is 20.7 Å². The number of carbonyl (C=O) groups excluding carboxylic acids is 3. The van der Waals surface area contributed by atoms with Crippen LogP contribution in [0.4, 0.5) is 0 Å². The van der Waals surface area contributed by atoms with E-state index in [4.69, 9.17) is 4.74 Å². The van der Waals surface area contributed by atoms with E-state index in [-0.39, 0.29) is 24.3 Å². The fourth-order valence-electron chi connectivity index (χ4n) is 4.44. The number of rotatable bonds is 6. The van der Waals surface area contributed by atoms with Crippen molar-refractivity contribution < 1.29 is 19.1 Å². The third kappa shape index (κ3) is 4.36. The number of benzene rings is 1. The Morgan fingerprint density at radius 1 is 1.12 bits per heavy atom. The summed E-state index contributed by atoms with van der Waals surface area (Å²) in [5.41, 5.74) is 2.25. The Bertz CT molecular complexity index is 997. The molecular weight excluding hydrogens is 408 g/mol. The number of carbonyl (C=O) groups is 3. The molecule has 0 saturated carbocycles. The molecule has 2 aliphatic heterocycles. The van der Waals surface area contributed by atoms with Gasteiger partial charge in [-0.15, -0.1) is 0 Å². The Labute approximate surface area is 187 Å². The number of amides is 3. The summed E-state index contributed by atoms with van der Waals surface area (Å²) in [7, 11) is 1.59. The van der Waals surface area contributed by atoms with Crippen LogP contribution in [-0.4, -0.2) is 89.4 Å². The van der Waals surface area contributed by atoms with Crippen LogP contribution in [0.15, 0.2) is 48.8 Å². The van der Waals surface area contributed by atoms with Gasteiger partial charge in [-0.25, -0.2) is 0 Å². The Balaban J connectivity index is 1.65. The third-order valence-electron chi connectivity index (χ3n) is 6.12. The first-order valence-electron chi connectivity index (χ1n) is 10.8. The first-order valence-corrected chi connectivity index (χ1v) is 10.8. The normalized spacial score (nSPS) is 21.0. The number of hydrogen-bond donors (Lipinski definition) is 0. The number of methoxy groups -OCH3 is 1. The first-order chi connectivity index (χ1) is 15.5. The van der Waals surface area contributed by atoms with Crippen LogP contribution < -0.4 is 0 Å². The summed E-state index contributed by atoms with van der Waals surface area (Å²) < 4.78 is 5.12. The number of pyridine rings is 1. The summed E-state index contributed by atoms with van der Waals surface area (Å²) in [4.78, 5) is 49.3. The minimum Gasteiger partial charge on any atom is -0.383 e. The van der Waals surface area contributed by atoms with Crippen LogP contribution in [0.3, 0.4) is 0 Å².